The average molecular weight is 206 g/mol. The van der Waals surface area contributed by atoms with E-state index in [0.717, 1.165) is 26.2 Å². The van der Waals surface area contributed by atoms with Crippen molar-refractivity contribution in [1.29, 1.82) is 0 Å². The van der Waals surface area contributed by atoms with Crippen LogP contribution in [0.3, 0.4) is 0 Å². The van der Waals surface area contributed by atoms with Gasteiger partial charge in [0.2, 0.25) is 0 Å². The van der Waals surface area contributed by atoms with Crippen LogP contribution in [-0.4, -0.2) is 30.2 Å². The molecule has 0 bridgehead atoms. The largest absolute Gasteiger partial charge is 0.395 e. The molecule has 3 nitrogen and oxygen atoms in total. The Morgan fingerprint density at radius 3 is 2.87 bits per heavy atom. The van der Waals surface area contributed by atoms with Crippen LogP contribution in [0.15, 0.2) is 18.2 Å². The summed E-state index contributed by atoms with van der Waals surface area (Å²) in [5, 5.41) is 12.1. The van der Waals surface area contributed by atoms with E-state index in [4.69, 9.17) is 5.11 Å². The third kappa shape index (κ3) is 2.37. The molecule has 2 N–H and O–H groups in total. The maximum Gasteiger partial charge on any atom is 0.0558 e. The van der Waals surface area contributed by atoms with Gasteiger partial charge in [-0.1, -0.05) is 18.2 Å². The zero-order chi connectivity index (χ0) is 10.7. The lowest BCUT2D eigenvalue weighted by Crippen LogP contribution is -2.20. The van der Waals surface area contributed by atoms with E-state index >= 15 is 0 Å². The second-order valence-electron chi connectivity index (χ2n) is 4.07. The first-order valence-electron chi connectivity index (χ1n) is 5.42. The number of benzene rings is 1. The van der Waals surface area contributed by atoms with E-state index in [0.29, 0.717) is 0 Å². The first-order chi connectivity index (χ1) is 7.33. The number of aliphatic hydroxyl groups excluding tert-OH is 1. The van der Waals surface area contributed by atoms with E-state index in [9.17, 15) is 0 Å². The summed E-state index contributed by atoms with van der Waals surface area (Å²) >= 11 is 0. The van der Waals surface area contributed by atoms with Gasteiger partial charge in [-0.15, -0.1) is 0 Å². The van der Waals surface area contributed by atoms with Gasteiger partial charge in [0.05, 0.1) is 6.61 Å². The number of fused-ring (bicyclic) bond motifs is 1. The zero-order valence-electron chi connectivity index (χ0n) is 9.16. The first kappa shape index (κ1) is 10.6. The summed E-state index contributed by atoms with van der Waals surface area (Å²) in [5.41, 5.74) is 4.15. The minimum absolute atomic E-state index is 0.247. The van der Waals surface area contributed by atoms with Crippen LogP contribution in [0.1, 0.15) is 16.7 Å². The second kappa shape index (κ2) is 4.75. The molecule has 2 rings (SSSR count). The Balaban J connectivity index is 2.09. The summed E-state index contributed by atoms with van der Waals surface area (Å²) in [6.45, 7) is 3.91. The number of β-amino-alcohol motifs (C(OH)–C–C–N with tert-alkyl or cyclic N) is 1. The highest BCUT2D eigenvalue weighted by Crippen LogP contribution is 2.23. The molecule has 0 aliphatic carbocycles. The molecule has 3 heteroatoms. The van der Waals surface area contributed by atoms with Crippen LogP contribution in [0.4, 0.5) is 0 Å². The van der Waals surface area contributed by atoms with Crippen molar-refractivity contribution in [2.45, 2.75) is 19.6 Å². The van der Waals surface area contributed by atoms with E-state index in [1.54, 1.807) is 0 Å². The van der Waals surface area contributed by atoms with E-state index in [1.165, 1.54) is 16.7 Å². The zero-order valence-corrected chi connectivity index (χ0v) is 9.16. The molecule has 0 spiro atoms. The maximum atomic E-state index is 8.89. The smallest absolute Gasteiger partial charge is 0.0558 e. The Morgan fingerprint density at radius 2 is 2.13 bits per heavy atom. The lowest BCUT2D eigenvalue weighted by Gasteiger charge is -2.11. The minimum atomic E-state index is 0.247. The lowest BCUT2D eigenvalue weighted by atomic mass is 10.1. The van der Waals surface area contributed by atoms with E-state index in [1.807, 2.05) is 7.05 Å². The number of hydrogen-bond donors (Lipinski definition) is 2. The van der Waals surface area contributed by atoms with Crippen molar-refractivity contribution in [1.82, 2.24) is 10.2 Å². The summed E-state index contributed by atoms with van der Waals surface area (Å²) in [5.74, 6) is 0. The van der Waals surface area contributed by atoms with Crippen molar-refractivity contribution < 1.29 is 5.11 Å². The third-order valence-electron chi connectivity index (χ3n) is 2.86. The van der Waals surface area contributed by atoms with E-state index in [-0.39, 0.29) is 6.61 Å². The van der Waals surface area contributed by atoms with Gasteiger partial charge in [0.25, 0.3) is 0 Å². The molecule has 1 heterocycles. The monoisotopic (exact) mass is 206 g/mol. The molecule has 1 aromatic rings. The van der Waals surface area contributed by atoms with Crippen LogP contribution in [0.2, 0.25) is 0 Å². The Bertz CT molecular complexity index is 338. The fourth-order valence-corrected chi connectivity index (χ4v) is 2.13. The normalized spacial score (nSPS) is 15.6. The molecule has 1 aliphatic heterocycles. The molecular weight excluding hydrogens is 188 g/mol. The third-order valence-corrected chi connectivity index (χ3v) is 2.86. The maximum absolute atomic E-state index is 8.89. The highest BCUT2D eigenvalue weighted by molar-refractivity contribution is 5.34. The molecule has 15 heavy (non-hydrogen) atoms. The predicted molar refractivity (Wildman–Crippen MR) is 60.4 cm³/mol. The van der Waals surface area contributed by atoms with Crippen LogP contribution in [0, 0.1) is 0 Å². The van der Waals surface area contributed by atoms with Gasteiger partial charge in [-0.2, -0.15) is 0 Å². The van der Waals surface area contributed by atoms with Crippen LogP contribution < -0.4 is 5.32 Å². The van der Waals surface area contributed by atoms with Gasteiger partial charge >= 0.3 is 0 Å². The van der Waals surface area contributed by atoms with Gasteiger partial charge in [-0.25, -0.2) is 0 Å². The minimum Gasteiger partial charge on any atom is -0.395 e. The van der Waals surface area contributed by atoms with Gasteiger partial charge in [-0.05, 0) is 23.7 Å². The highest BCUT2D eigenvalue weighted by atomic mass is 16.3. The molecule has 1 aliphatic rings. The van der Waals surface area contributed by atoms with Gasteiger partial charge < -0.3 is 10.4 Å². The van der Waals surface area contributed by atoms with Gasteiger partial charge in [0, 0.05) is 26.2 Å². The van der Waals surface area contributed by atoms with Crippen LogP contribution in [0.25, 0.3) is 0 Å². The predicted octanol–water partition coefficient (Wildman–Crippen LogP) is 0.714. The molecule has 82 valence electrons. The Labute approximate surface area is 90.7 Å². The summed E-state index contributed by atoms with van der Waals surface area (Å²) in [4.78, 5) is 2.27. The van der Waals surface area contributed by atoms with E-state index < -0.39 is 0 Å². The molecule has 0 amide bonds. The molecule has 0 radical (unpaired) electrons. The standard InChI is InChI=1S/C12H18N2O/c1-13-7-10-2-3-11-8-14(4-5-15)9-12(11)6-10/h2-3,6,13,15H,4-5,7-9H2,1H3. The van der Waals surface area contributed by atoms with Gasteiger partial charge in [-0.3, -0.25) is 4.90 Å². The summed E-state index contributed by atoms with van der Waals surface area (Å²) < 4.78 is 0. The van der Waals surface area contributed by atoms with Crippen molar-refractivity contribution in [3.63, 3.8) is 0 Å². The summed E-state index contributed by atoms with van der Waals surface area (Å²) in [6, 6.07) is 6.65. The molecule has 0 atom stereocenters. The number of nitrogens with zero attached hydrogens (tertiary/aromatic N) is 1. The molecule has 0 saturated heterocycles. The van der Waals surface area contributed by atoms with Crippen molar-refractivity contribution in [3.05, 3.63) is 34.9 Å². The molecule has 0 aromatic heterocycles. The highest BCUT2D eigenvalue weighted by Gasteiger charge is 2.17. The SMILES string of the molecule is CNCc1ccc2c(c1)CN(CCO)C2. The fraction of sp³-hybridized carbons (Fsp3) is 0.500. The Hall–Kier alpha value is -0.900. The van der Waals surface area contributed by atoms with Crippen LogP contribution in [0.5, 0.6) is 0 Å². The average Bonchev–Trinajstić information content (AvgIpc) is 2.60. The molecule has 0 fully saturated rings. The molecular formula is C12H18N2O. The quantitative estimate of drug-likeness (QED) is 0.762. The Kier molecular flexibility index (Phi) is 3.36. The van der Waals surface area contributed by atoms with Gasteiger partial charge in [0.1, 0.15) is 0 Å². The topological polar surface area (TPSA) is 35.5 Å². The molecule has 0 unspecified atom stereocenters. The van der Waals surface area contributed by atoms with Crippen molar-refractivity contribution >= 4 is 0 Å². The van der Waals surface area contributed by atoms with Crippen molar-refractivity contribution in [3.8, 4) is 0 Å². The Morgan fingerprint density at radius 1 is 1.33 bits per heavy atom. The first-order valence-corrected chi connectivity index (χ1v) is 5.42. The number of rotatable bonds is 4. The molecule has 0 saturated carbocycles. The van der Waals surface area contributed by atoms with Gasteiger partial charge in [0.15, 0.2) is 0 Å². The number of nitrogens with one attached hydrogen (secondary N) is 1. The van der Waals surface area contributed by atoms with Crippen LogP contribution in [-0.2, 0) is 19.6 Å². The summed E-state index contributed by atoms with van der Waals surface area (Å²) in [6.07, 6.45) is 0. The van der Waals surface area contributed by atoms with Crippen LogP contribution >= 0.6 is 0 Å². The second-order valence-corrected chi connectivity index (χ2v) is 4.07. The molecule has 1 aromatic carbocycles. The van der Waals surface area contributed by atoms with Crippen molar-refractivity contribution in [2.75, 3.05) is 20.2 Å². The number of aliphatic hydroxyl groups is 1. The summed E-state index contributed by atoms with van der Waals surface area (Å²) in [7, 11) is 1.96. The fourth-order valence-electron chi connectivity index (χ4n) is 2.13. The van der Waals surface area contributed by atoms with Crippen molar-refractivity contribution in [2.24, 2.45) is 0 Å². The number of hydrogen-bond acceptors (Lipinski definition) is 3. The lowest BCUT2D eigenvalue weighted by molar-refractivity contribution is 0.198. The van der Waals surface area contributed by atoms with E-state index in [2.05, 4.69) is 28.4 Å².